The van der Waals surface area contributed by atoms with Crippen molar-refractivity contribution >= 4 is 33.4 Å². The van der Waals surface area contributed by atoms with Crippen molar-refractivity contribution < 1.29 is 14.3 Å². The topological polar surface area (TPSA) is 58.6 Å². The maximum Gasteiger partial charge on any atom is 0.254 e. The molecule has 1 aliphatic heterocycles. The normalized spacial score (nSPS) is 21.1. The molecule has 152 valence electrons. The summed E-state index contributed by atoms with van der Waals surface area (Å²) in [5, 5.41) is 3.02. The molecule has 0 spiro atoms. The van der Waals surface area contributed by atoms with Gasteiger partial charge in [-0.25, -0.2) is 0 Å². The summed E-state index contributed by atoms with van der Waals surface area (Å²) in [6.07, 6.45) is 3.29. The number of aryl methyl sites for hydroxylation is 1. The maximum absolute atomic E-state index is 12.8. The Hall–Kier alpha value is -2.34. The van der Waals surface area contributed by atoms with Crippen LogP contribution in [0.3, 0.4) is 0 Å². The number of fused-ring (bicyclic) bond motifs is 1. The third-order valence-corrected chi connectivity index (χ3v) is 6.87. The van der Waals surface area contributed by atoms with Gasteiger partial charge in [-0.15, -0.1) is 0 Å². The second-order valence-corrected chi connectivity index (χ2v) is 8.73. The first kappa shape index (κ1) is 20.0. The minimum absolute atomic E-state index is 0.0228. The van der Waals surface area contributed by atoms with E-state index in [0.29, 0.717) is 6.54 Å². The van der Waals surface area contributed by atoms with Gasteiger partial charge in [0.2, 0.25) is 5.91 Å². The Morgan fingerprint density at radius 2 is 1.93 bits per heavy atom. The molecule has 2 amide bonds. The number of halogens is 1. The van der Waals surface area contributed by atoms with Crippen molar-refractivity contribution in [2.24, 2.45) is 5.92 Å². The highest BCUT2D eigenvalue weighted by Crippen LogP contribution is 2.36. The number of anilines is 1. The number of carbonyl (C=O) groups excluding carboxylic acids is 2. The number of hydrogen-bond acceptors (Lipinski definition) is 3. The Kier molecular flexibility index (Phi) is 5.63. The van der Waals surface area contributed by atoms with Crippen LogP contribution in [-0.4, -0.2) is 29.9 Å². The van der Waals surface area contributed by atoms with E-state index < -0.39 is 0 Å². The molecular formula is C23H25BrN2O3. The van der Waals surface area contributed by atoms with E-state index in [9.17, 15) is 9.59 Å². The minimum atomic E-state index is -0.0228. The third kappa shape index (κ3) is 3.90. The molecule has 0 unspecified atom stereocenters. The Bertz CT molecular complexity index is 951. The molecule has 1 saturated carbocycles. The summed E-state index contributed by atoms with van der Waals surface area (Å²) < 4.78 is 6.33. The van der Waals surface area contributed by atoms with Gasteiger partial charge in [0, 0.05) is 40.3 Å². The van der Waals surface area contributed by atoms with E-state index in [1.807, 2.05) is 48.2 Å². The SMILES string of the molecule is COc1cc(NC(=O)C2CCC(N3Cc4c(Br)cccc4C3=O)CC2)ccc1C. The lowest BCUT2D eigenvalue weighted by atomic mass is 9.84. The molecule has 2 aliphatic rings. The molecule has 5 nitrogen and oxygen atoms in total. The fraction of sp³-hybridized carbons (Fsp3) is 0.391. The summed E-state index contributed by atoms with van der Waals surface area (Å²) in [5.41, 5.74) is 3.67. The zero-order chi connectivity index (χ0) is 20.5. The molecule has 1 aliphatic carbocycles. The van der Waals surface area contributed by atoms with Crippen LogP contribution in [0.1, 0.15) is 47.2 Å². The molecule has 2 aromatic carbocycles. The summed E-state index contributed by atoms with van der Waals surface area (Å²) in [6, 6.07) is 11.7. The molecule has 6 heteroatoms. The summed E-state index contributed by atoms with van der Waals surface area (Å²) in [6.45, 7) is 2.63. The van der Waals surface area contributed by atoms with Crippen molar-refractivity contribution in [2.45, 2.75) is 45.2 Å². The van der Waals surface area contributed by atoms with Gasteiger partial charge in [-0.05, 0) is 61.9 Å². The van der Waals surface area contributed by atoms with Gasteiger partial charge in [0.25, 0.3) is 5.91 Å². The molecule has 1 fully saturated rings. The zero-order valence-corrected chi connectivity index (χ0v) is 18.3. The minimum Gasteiger partial charge on any atom is -0.496 e. The first-order valence-electron chi connectivity index (χ1n) is 10.0. The summed E-state index contributed by atoms with van der Waals surface area (Å²) in [7, 11) is 1.63. The van der Waals surface area contributed by atoms with Crippen LogP contribution in [0, 0.1) is 12.8 Å². The number of carbonyl (C=O) groups is 2. The van der Waals surface area contributed by atoms with E-state index in [1.165, 1.54) is 0 Å². The van der Waals surface area contributed by atoms with Crippen LogP contribution in [0.4, 0.5) is 5.69 Å². The number of ether oxygens (including phenoxy) is 1. The quantitative estimate of drug-likeness (QED) is 0.709. The van der Waals surface area contributed by atoms with Gasteiger partial charge < -0.3 is 15.0 Å². The van der Waals surface area contributed by atoms with Gasteiger partial charge in [0.1, 0.15) is 5.75 Å². The maximum atomic E-state index is 12.8. The lowest BCUT2D eigenvalue weighted by Crippen LogP contribution is -2.40. The lowest BCUT2D eigenvalue weighted by molar-refractivity contribution is -0.121. The lowest BCUT2D eigenvalue weighted by Gasteiger charge is -2.34. The van der Waals surface area contributed by atoms with Gasteiger partial charge in [-0.3, -0.25) is 9.59 Å². The van der Waals surface area contributed by atoms with Crippen molar-refractivity contribution in [2.75, 3.05) is 12.4 Å². The Morgan fingerprint density at radius 1 is 1.17 bits per heavy atom. The summed E-state index contributed by atoms with van der Waals surface area (Å²) in [4.78, 5) is 27.5. The van der Waals surface area contributed by atoms with Crippen LogP contribution < -0.4 is 10.1 Å². The average Bonchev–Trinajstić information content (AvgIpc) is 3.07. The number of methoxy groups -OCH3 is 1. The van der Waals surface area contributed by atoms with Gasteiger partial charge in [0.15, 0.2) is 0 Å². The molecular weight excluding hydrogens is 432 g/mol. The molecule has 0 aromatic heterocycles. The number of nitrogens with one attached hydrogen (secondary N) is 1. The Labute approximate surface area is 179 Å². The van der Waals surface area contributed by atoms with Crippen LogP contribution in [0.15, 0.2) is 40.9 Å². The largest absolute Gasteiger partial charge is 0.496 e. The van der Waals surface area contributed by atoms with Crippen molar-refractivity contribution in [1.29, 1.82) is 0 Å². The first-order chi connectivity index (χ1) is 14.0. The van der Waals surface area contributed by atoms with Gasteiger partial charge >= 0.3 is 0 Å². The molecule has 1 heterocycles. The highest BCUT2D eigenvalue weighted by Gasteiger charge is 2.36. The van der Waals surface area contributed by atoms with Crippen molar-refractivity contribution in [3.8, 4) is 5.75 Å². The number of benzene rings is 2. The summed E-state index contributed by atoms with van der Waals surface area (Å²) in [5.74, 6) is 0.907. The number of nitrogens with zero attached hydrogens (tertiary/aromatic N) is 1. The van der Waals surface area contributed by atoms with E-state index in [-0.39, 0.29) is 23.8 Å². The highest BCUT2D eigenvalue weighted by molar-refractivity contribution is 9.10. The molecule has 0 atom stereocenters. The average molecular weight is 457 g/mol. The molecule has 29 heavy (non-hydrogen) atoms. The predicted octanol–water partition coefficient (Wildman–Crippen LogP) is 4.92. The smallest absolute Gasteiger partial charge is 0.254 e. The van der Waals surface area contributed by atoms with Crippen LogP contribution in [0.5, 0.6) is 5.75 Å². The van der Waals surface area contributed by atoms with E-state index in [0.717, 1.165) is 58.3 Å². The van der Waals surface area contributed by atoms with Gasteiger partial charge in [0.05, 0.1) is 7.11 Å². The van der Waals surface area contributed by atoms with Crippen molar-refractivity contribution in [3.05, 3.63) is 57.6 Å². The fourth-order valence-electron chi connectivity index (χ4n) is 4.40. The Morgan fingerprint density at radius 3 is 2.62 bits per heavy atom. The molecule has 4 rings (SSSR count). The number of amides is 2. The van der Waals surface area contributed by atoms with Crippen LogP contribution >= 0.6 is 15.9 Å². The molecule has 2 aromatic rings. The second-order valence-electron chi connectivity index (χ2n) is 7.88. The Balaban J connectivity index is 1.36. The number of hydrogen-bond donors (Lipinski definition) is 1. The zero-order valence-electron chi connectivity index (χ0n) is 16.7. The molecule has 0 saturated heterocycles. The van der Waals surface area contributed by atoms with Crippen molar-refractivity contribution in [1.82, 2.24) is 4.90 Å². The standard InChI is InChI=1S/C23H25BrN2O3/c1-14-6-9-16(12-21(14)29-2)25-22(27)15-7-10-17(11-8-15)26-13-19-18(23(26)28)4-3-5-20(19)24/h3-6,9,12,15,17H,7-8,10-11,13H2,1-2H3,(H,25,27). The van der Waals surface area contributed by atoms with Crippen LogP contribution in [-0.2, 0) is 11.3 Å². The summed E-state index contributed by atoms with van der Waals surface area (Å²) >= 11 is 3.56. The highest BCUT2D eigenvalue weighted by atomic mass is 79.9. The van der Waals surface area contributed by atoms with E-state index >= 15 is 0 Å². The van der Waals surface area contributed by atoms with Crippen molar-refractivity contribution in [3.63, 3.8) is 0 Å². The van der Waals surface area contributed by atoms with Gasteiger partial charge in [-0.1, -0.05) is 28.1 Å². The van der Waals surface area contributed by atoms with Crippen LogP contribution in [0.25, 0.3) is 0 Å². The van der Waals surface area contributed by atoms with E-state index in [1.54, 1.807) is 7.11 Å². The molecule has 0 radical (unpaired) electrons. The molecule has 0 bridgehead atoms. The van der Waals surface area contributed by atoms with Crippen LogP contribution in [0.2, 0.25) is 0 Å². The second kappa shape index (κ2) is 8.19. The van der Waals surface area contributed by atoms with Gasteiger partial charge in [-0.2, -0.15) is 0 Å². The number of rotatable bonds is 4. The first-order valence-corrected chi connectivity index (χ1v) is 10.8. The van der Waals surface area contributed by atoms with E-state index in [2.05, 4.69) is 21.2 Å². The predicted molar refractivity (Wildman–Crippen MR) is 116 cm³/mol. The monoisotopic (exact) mass is 456 g/mol. The fourth-order valence-corrected chi connectivity index (χ4v) is 4.89. The molecule has 1 N–H and O–H groups in total. The third-order valence-electron chi connectivity index (χ3n) is 6.12. The van der Waals surface area contributed by atoms with E-state index in [4.69, 9.17) is 4.74 Å².